The van der Waals surface area contributed by atoms with Gasteiger partial charge in [0.25, 0.3) is 0 Å². The predicted octanol–water partition coefficient (Wildman–Crippen LogP) is 2.58. The molecule has 3 aliphatic carbocycles. The topological polar surface area (TPSA) is 48.9 Å². The Bertz CT molecular complexity index is 1010. The minimum absolute atomic E-state index is 0.0177. The third kappa shape index (κ3) is 1.28. The van der Waals surface area contributed by atoms with E-state index in [4.69, 9.17) is 0 Å². The van der Waals surface area contributed by atoms with Crippen molar-refractivity contribution in [3.63, 3.8) is 0 Å². The number of nitrogens with zero attached hydrogens (tertiary/aromatic N) is 3. The third-order valence-corrected chi connectivity index (χ3v) is 7.05. The molecule has 0 radical (unpaired) electrons. The fraction of sp³-hybridized carbons (Fsp3) is 0.400. The van der Waals surface area contributed by atoms with E-state index >= 15 is 0 Å². The van der Waals surface area contributed by atoms with Crippen molar-refractivity contribution in [2.45, 2.75) is 37.8 Å². The van der Waals surface area contributed by atoms with Crippen LogP contribution in [0.15, 0.2) is 64.2 Å². The lowest BCUT2D eigenvalue weighted by atomic mass is 9.42. The largest absolute Gasteiger partial charge is 0.352 e. The van der Waals surface area contributed by atoms with Crippen LogP contribution in [0.4, 0.5) is 0 Å². The second-order valence-corrected chi connectivity index (χ2v) is 7.82. The summed E-state index contributed by atoms with van der Waals surface area (Å²) in [6, 6.07) is 9.16. The van der Waals surface area contributed by atoms with Crippen LogP contribution in [0.25, 0.3) is 5.69 Å². The maximum absolute atomic E-state index is 13.2. The average molecular weight is 333 g/mol. The normalized spacial score (nSPS) is 36.5. The molecule has 2 aliphatic heterocycles. The summed E-state index contributed by atoms with van der Waals surface area (Å²) >= 11 is 0. The van der Waals surface area contributed by atoms with E-state index in [2.05, 4.69) is 24.3 Å². The Morgan fingerprint density at radius 3 is 1.80 bits per heavy atom. The first-order chi connectivity index (χ1) is 12.2. The van der Waals surface area contributed by atoms with Crippen molar-refractivity contribution < 1.29 is 0 Å². The van der Waals surface area contributed by atoms with Gasteiger partial charge in [-0.1, -0.05) is 55.3 Å². The highest BCUT2D eigenvalue weighted by molar-refractivity contribution is 5.41. The summed E-state index contributed by atoms with van der Waals surface area (Å²) in [5.41, 5.74) is 0.242. The summed E-state index contributed by atoms with van der Waals surface area (Å²) in [6.07, 6.45) is 13.5. The van der Waals surface area contributed by atoms with E-state index < -0.39 is 0 Å². The van der Waals surface area contributed by atoms with Gasteiger partial charge in [0.2, 0.25) is 0 Å². The highest BCUT2D eigenvalue weighted by Crippen LogP contribution is 2.72. The summed E-state index contributed by atoms with van der Waals surface area (Å²) in [5, 5.41) is 0. The summed E-state index contributed by atoms with van der Waals surface area (Å²) in [5.74, 6) is 0. The van der Waals surface area contributed by atoms with Crippen LogP contribution in [0.1, 0.15) is 37.8 Å². The van der Waals surface area contributed by atoms with Crippen LogP contribution >= 0.6 is 0 Å². The molecule has 0 amide bonds. The molecule has 7 rings (SSSR count). The van der Waals surface area contributed by atoms with E-state index in [-0.39, 0.29) is 34.3 Å². The molecule has 0 spiro atoms. The van der Waals surface area contributed by atoms with Crippen molar-refractivity contribution in [1.29, 1.82) is 0 Å². The molecule has 1 aromatic carbocycles. The smallest absolute Gasteiger partial charge is 0.245 e. The molecule has 1 aromatic heterocycles. The highest BCUT2D eigenvalue weighted by atomic mass is 16.2. The fourth-order valence-electron chi connectivity index (χ4n) is 5.95. The summed E-state index contributed by atoms with van der Waals surface area (Å²) in [7, 11) is 0. The molecule has 4 atom stereocenters. The molecule has 25 heavy (non-hydrogen) atoms. The zero-order valence-electron chi connectivity index (χ0n) is 13.8. The quantitative estimate of drug-likeness (QED) is 0.753. The van der Waals surface area contributed by atoms with Gasteiger partial charge in [-0.3, -0.25) is 0 Å². The molecule has 2 aromatic rings. The number of hydrogen-bond donors (Lipinski definition) is 0. The first kappa shape index (κ1) is 13.7. The summed E-state index contributed by atoms with van der Waals surface area (Å²) in [4.78, 5) is 26.4. The van der Waals surface area contributed by atoms with Gasteiger partial charge in [-0.15, -0.1) is 0 Å². The lowest BCUT2D eigenvalue weighted by molar-refractivity contribution is -0.0812. The van der Waals surface area contributed by atoms with Crippen molar-refractivity contribution >= 4 is 0 Å². The van der Waals surface area contributed by atoms with Gasteiger partial charge in [-0.2, -0.15) is 0 Å². The first-order valence-electron chi connectivity index (χ1n) is 9.10. The van der Waals surface area contributed by atoms with E-state index in [1.54, 1.807) is 9.36 Å². The molecular formula is C20H19N3O2. The Labute approximate surface area is 144 Å². The SMILES string of the molecule is O=c1n(-c2ccccc2)c(=O)n2n1[C@H]1C=C[C@@H]2[C@@]23C=C[C@@]12CCCC3. The number of hydrogen-bond acceptors (Lipinski definition) is 2. The summed E-state index contributed by atoms with van der Waals surface area (Å²) in [6.45, 7) is 0. The van der Waals surface area contributed by atoms with Gasteiger partial charge < -0.3 is 0 Å². The van der Waals surface area contributed by atoms with Crippen LogP contribution < -0.4 is 11.4 Å². The molecule has 2 bridgehead atoms. The second-order valence-electron chi connectivity index (χ2n) is 7.82. The molecule has 1 saturated carbocycles. The van der Waals surface area contributed by atoms with E-state index in [1.165, 1.54) is 17.4 Å². The zero-order valence-corrected chi connectivity index (χ0v) is 13.8. The molecule has 0 N–H and O–H groups in total. The number of rotatable bonds is 1. The lowest BCUT2D eigenvalue weighted by Crippen LogP contribution is -2.65. The molecule has 5 heteroatoms. The summed E-state index contributed by atoms with van der Waals surface area (Å²) < 4.78 is 4.79. The van der Waals surface area contributed by atoms with Crippen LogP contribution in [0.3, 0.4) is 0 Å². The maximum Gasteiger partial charge on any atom is 0.352 e. The van der Waals surface area contributed by atoms with E-state index in [9.17, 15) is 9.59 Å². The van der Waals surface area contributed by atoms with Crippen LogP contribution in [0.5, 0.6) is 0 Å². The van der Waals surface area contributed by atoms with E-state index in [0.717, 1.165) is 12.8 Å². The van der Waals surface area contributed by atoms with E-state index in [1.807, 2.05) is 30.3 Å². The van der Waals surface area contributed by atoms with Crippen LogP contribution in [0.2, 0.25) is 0 Å². The Morgan fingerprint density at radius 1 is 0.800 bits per heavy atom. The Morgan fingerprint density at radius 2 is 1.32 bits per heavy atom. The van der Waals surface area contributed by atoms with Gasteiger partial charge >= 0.3 is 11.4 Å². The number of aromatic nitrogens is 3. The first-order valence-corrected chi connectivity index (χ1v) is 9.10. The molecule has 1 fully saturated rings. The van der Waals surface area contributed by atoms with Crippen LogP contribution in [-0.2, 0) is 0 Å². The molecule has 126 valence electrons. The van der Waals surface area contributed by atoms with Gasteiger partial charge in [-0.25, -0.2) is 23.5 Å². The fourth-order valence-corrected chi connectivity index (χ4v) is 5.95. The Balaban J connectivity index is 1.67. The minimum Gasteiger partial charge on any atom is -0.245 e. The average Bonchev–Trinajstić information content (AvgIpc) is 2.90. The number of benzene rings is 1. The van der Waals surface area contributed by atoms with Crippen molar-refractivity contribution in [3.05, 3.63) is 75.6 Å². The van der Waals surface area contributed by atoms with Crippen molar-refractivity contribution in [3.8, 4) is 5.69 Å². The van der Waals surface area contributed by atoms with Gasteiger partial charge in [0.1, 0.15) is 0 Å². The standard InChI is InChI=1S/C20H19N3O2/c24-17-21(14-6-2-1-3-7-14)18(25)23-16-9-8-15(22(17)23)19-10-4-5-11-20(16,19)13-12-19/h1-3,6-9,12-13,15-16H,4-5,10-11H2/t15-,16+,19-,20+. The zero-order chi connectivity index (χ0) is 16.8. The molecule has 0 unspecified atom stereocenters. The monoisotopic (exact) mass is 333 g/mol. The van der Waals surface area contributed by atoms with Crippen molar-refractivity contribution in [1.82, 2.24) is 13.9 Å². The maximum atomic E-state index is 13.2. The van der Waals surface area contributed by atoms with Crippen LogP contribution in [-0.4, -0.2) is 13.9 Å². The van der Waals surface area contributed by atoms with Gasteiger partial charge in [-0.05, 0) is 25.0 Å². The molecule has 3 heterocycles. The highest BCUT2D eigenvalue weighted by Gasteiger charge is 2.67. The van der Waals surface area contributed by atoms with Gasteiger partial charge in [0.15, 0.2) is 0 Å². The lowest BCUT2D eigenvalue weighted by Gasteiger charge is -2.67. The van der Waals surface area contributed by atoms with Gasteiger partial charge in [0, 0.05) is 10.8 Å². The number of para-hydroxylation sites is 1. The Kier molecular flexibility index (Phi) is 2.28. The molecule has 0 saturated heterocycles. The van der Waals surface area contributed by atoms with E-state index in [0.29, 0.717) is 5.69 Å². The third-order valence-electron chi connectivity index (χ3n) is 7.05. The van der Waals surface area contributed by atoms with Gasteiger partial charge in [0.05, 0.1) is 17.8 Å². The molecular weight excluding hydrogens is 314 g/mol. The van der Waals surface area contributed by atoms with Crippen LogP contribution in [0, 0.1) is 10.8 Å². The van der Waals surface area contributed by atoms with Crippen molar-refractivity contribution in [2.75, 3.05) is 0 Å². The van der Waals surface area contributed by atoms with Crippen molar-refractivity contribution in [2.24, 2.45) is 10.8 Å². The minimum atomic E-state index is -0.218. The predicted molar refractivity (Wildman–Crippen MR) is 94.0 cm³/mol. The number of allylic oxidation sites excluding steroid dienone is 4. The second kappa shape index (κ2) is 4.15. The Hall–Kier alpha value is -2.56. The molecule has 5 aliphatic rings. The molecule has 5 nitrogen and oxygen atoms in total.